The lowest BCUT2D eigenvalue weighted by molar-refractivity contribution is -0.118. The number of nitrogens with zero attached hydrogens (tertiary/aromatic N) is 3. The summed E-state index contributed by atoms with van der Waals surface area (Å²) < 4.78 is 2.02. The summed E-state index contributed by atoms with van der Waals surface area (Å²) in [4.78, 5) is 24.8. The lowest BCUT2D eigenvalue weighted by Crippen LogP contribution is -2.16. The van der Waals surface area contributed by atoms with Crippen LogP contribution in [0.3, 0.4) is 0 Å². The number of carbonyl (C=O) groups is 2. The third kappa shape index (κ3) is 6.07. The van der Waals surface area contributed by atoms with Crippen LogP contribution in [0.2, 0.25) is 0 Å². The summed E-state index contributed by atoms with van der Waals surface area (Å²) in [7, 11) is 0. The van der Waals surface area contributed by atoms with Gasteiger partial charge < -0.3 is 10.3 Å². The van der Waals surface area contributed by atoms with E-state index in [1.807, 2.05) is 66.9 Å². The molecule has 0 fully saturated rings. The van der Waals surface area contributed by atoms with Crippen LogP contribution in [0.5, 0.6) is 0 Å². The van der Waals surface area contributed by atoms with Crippen LogP contribution in [0, 0.1) is 19.8 Å². The molecule has 1 heterocycles. The number of hydrogen-bond donors (Lipinski definition) is 1. The lowest BCUT2D eigenvalue weighted by Gasteiger charge is -2.18. The standard InChI is InChI=1S/C25H30N4O2S/c1-16(2)15-29-22(14-13-21(26)30)27-28-25(29)32-24(20-11-7-18(4)8-12-20)23(31)19-9-5-17(3)6-10-19/h5-12,16,24H,13-15H2,1-4H3,(H2,26,30). The van der Waals surface area contributed by atoms with Crippen LogP contribution >= 0.6 is 11.8 Å². The van der Waals surface area contributed by atoms with Crippen molar-refractivity contribution in [1.29, 1.82) is 0 Å². The average Bonchev–Trinajstić information content (AvgIpc) is 3.12. The lowest BCUT2D eigenvalue weighted by atomic mass is 10.0. The number of thioether (sulfide) groups is 1. The molecule has 168 valence electrons. The summed E-state index contributed by atoms with van der Waals surface area (Å²) in [6.07, 6.45) is 0.640. The van der Waals surface area contributed by atoms with Gasteiger partial charge in [0.25, 0.3) is 0 Å². The number of rotatable bonds is 10. The molecule has 0 bridgehead atoms. The average molecular weight is 451 g/mol. The van der Waals surface area contributed by atoms with Crippen LogP contribution in [-0.4, -0.2) is 26.5 Å². The van der Waals surface area contributed by atoms with Crippen molar-refractivity contribution in [3.63, 3.8) is 0 Å². The van der Waals surface area contributed by atoms with Gasteiger partial charge >= 0.3 is 0 Å². The Hall–Kier alpha value is -2.93. The smallest absolute Gasteiger partial charge is 0.217 e. The van der Waals surface area contributed by atoms with Gasteiger partial charge in [0, 0.05) is 24.9 Å². The molecule has 0 aliphatic carbocycles. The molecule has 0 saturated heterocycles. The van der Waals surface area contributed by atoms with Crippen LogP contribution in [0.1, 0.15) is 58.4 Å². The van der Waals surface area contributed by atoms with E-state index in [9.17, 15) is 9.59 Å². The summed E-state index contributed by atoms with van der Waals surface area (Å²) in [5.41, 5.74) is 9.16. The van der Waals surface area contributed by atoms with E-state index in [2.05, 4.69) is 24.0 Å². The molecular formula is C25H30N4O2S. The highest BCUT2D eigenvalue weighted by atomic mass is 32.2. The summed E-state index contributed by atoms with van der Waals surface area (Å²) in [5.74, 6) is 0.718. The minimum atomic E-state index is -0.461. The van der Waals surface area contributed by atoms with Crippen molar-refractivity contribution in [2.75, 3.05) is 0 Å². The highest BCUT2D eigenvalue weighted by Gasteiger charge is 2.27. The van der Waals surface area contributed by atoms with Crippen molar-refractivity contribution in [3.05, 3.63) is 76.6 Å². The van der Waals surface area contributed by atoms with Gasteiger partial charge in [-0.2, -0.15) is 0 Å². The number of amides is 1. The van der Waals surface area contributed by atoms with Gasteiger partial charge in [-0.3, -0.25) is 9.59 Å². The molecule has 0 aliphatic heterocycles. The van der Waals surface area contributed by atoms with Crippen LogP contribution in [0.4, 0.5) is 0 Å². The molecular weight excluding hydrogens is 420 g/mol. The van der Waals surface area contributed by atoms with Gasteiger partial charge in [-0.1, -0.05) is 85.3 Å². The Labute approximate surface area is 193 Å². The summed E-state index contributed by atoms with van der Waals surface area (Å²) in [6, 6.07) is 15.7. The summed E-state index contributed by atoms with van der Waals surface area (Å²) in [6.45, 7) is 8.95. The van der Waals surface area contributed by atoms with Crippen LogP contribution in [0.25, 0.3) is 0 Å². The number of benzene rings is 2. The number of hydrogen-bond acceptors (Lipinski definition) is 5. The highest BCUT2D eigenvalue weighted by Crippen LogP contribution is 2.38. The van der Waals surface area contributed by atoms with Crippen molar-refractivity contribution in [2.45, 2.75) is 57.5 Å². The first kappa shape index (κ1) is 23.7. The van der Waals surface area contributed by atoms with Gasteiger partial charge in [-0.25, -0.2) is 0 Å². The Bertz CT molecular complexity index is 1070. The topological polar surface area (TPSA) is 90.9 Å². The first-order valence-electron chi connectivity index (χ1n) is 10.8. The van der Waals surface area contributed by atoms with Crippen molar-refractivity contribution in [1.82, 2.24) is 14.8 Å². The Morgan fingerprint density at radius 2 is 1.56 bits per heavy atom. The fourth-order valence-electron chi connectivity index (χ4n) is 3.36. The van der Waals surface area contributed by atoms with Gasteiger partial charge in [0.05, 0.1) is 0 Å². The van der Waals surface area contributed by atoms with Gasteiger partial charge in [-0.15, -0.1) is 10.2 Å². The maximum Gasteiger partial charge on any atom is 0.217 e. The molecule has 1 amide bonds. The first-order chi connectivity index (χ1) is 15.2. The van der Waals surface area contributed by atoms with E-state index < -0.39 is 5.25 Å². The molecule has 6 nitrogen and oxygen atoms in total. The fraction of sp³-hybridized carbons (Fsp3) is 0.360. The number of Topliss-reactive ketones (excluding diaryl/α,β-unsaturated/α-hetero) is 1. The van der Waals surface area contributed by atoms with Crippen molar-refractivity contribution < 1.29 is 9.59 Å². The summed E-state index contributed by atoms with van der Waals surface area (Å²) >= 11 is 1.40. The Morgan fingerprint density at radius 3 is 2.12 bits per heavy atom. The molecule has 0 spiro atoms. The third-order valence-electron chi connectivity index (χ3n) is 5.11. The zero-order valence-corrected chi connectivity index (χ0v) is 19.9. The molecule has 3 rings (SSSR count). The van der Waals surface area contributed by atoms with Crippen molar-refractivity contribution >= 4 is 23.5 Å². The van der Waals surface area contributed by atoms with Crippen molar-refractivity contribution in [3.8, 4) is 0 Å². The molecule has 0 radical (unpaired) electrons. The minimum Gasteiger partial charge on any atom is -0.370 e. The molecule has 2 N–H and O–H groups in total. The predicted molar refractivity (Wildman–Crippen MR) is 128 cm³/mol. The second kappa shape index (κ2) is 10.6. The van der Waals surface area contributed by atoms with Gasteiger partial charge in [0.2, 0.25) is 5.91 Å². The fourth-order valence-corrected chi connectivity index (χ4v) is 4.51. The third-order valence-corrected chi connectivity index (χ3v) is 6.35. The quantitative estimate of drug-likeness (QED) is 0.358. The van der Waals surface area contributed by atoms with Crippen LogP contribution in [-0.2, 0) is 17.8 Å². The van der Waals surface area contributed by atoms with E-state index >= 15 is 0 Å². The summed E-state index contributed by atoms with van der Waals surface area (Å²) in [5, 5.41) is 8.92. The second-order valence-corrected chi connectivity index (χ2v) is 9.58. The van der Waals surface area contributed by atoms with Crippen LogP contribution in [0.15, 0.2) is 53.7 Å². The van der Waals surface area contributed by atoms with E-state index in [4.69, 9.17) is 5.73 Å². The number of aromatic nitrogens is 3. The van der Waals surface area contributed by atoms with E-state index in [1.165, 1.54) is 11.8 Å². The Balaban J connectivity index is 1.98. The Morgan fingerprint density at radius 1 is 0.969 bits per heavy atom. The number of carbonyl (C=O) groups excluding carboxylic acids is 2. The highest BCUT2D eigenvalue weighted by molar-refractivity contribution is 8.00. The predicted octanol–water partition coefficient (Wildman–Crippen LogP) is 4.69. The molecule has 32 heavy (non-hydrogen) atoms. The number of aryl methyl sites for hydroxylation is 3. The molecule has 1 atom stereocenters. The molecule has 1 unspecified atom stereocenters. The van der Waals surface area contributed by atoms with Gasteiger partial charge in [-0.05, 0) is 25.3 Å². The second-order valence-electron chi connectivity index (χ2n) is 8.51. The van der Waals surface area contributed by atoms with Crippen LogP contribution < -0.4 is 5.73 Å². The number of primary amides is 1. The normalized spacial score (nSPS) is 12.2. The molecule has 0 aliphatic rings. The van der Waals surface area contributed by atoms with Gasteiger partial charge in [0.15, 0.2) is 10.9 Å². The van der Waals surface area contributed by atoms with E-state index in [0.717, 1.165) is 16.7 Å². The molecule has 7 heteroatoms. The number of ketones is 1. The maximum atomic E-state index is 13.6. The monoisotopic (exact) mass is 450 g/mol. The van der Waals surface area contributed by atoms with Gasteiger partial charge in [0.1, 0.15) is 11.1 Å². The molecule has 3 aromatic rings. The Kier molecular flexibility index (Phi) is 7.85. The maximum absolute atomic E-state index is 13.6. The van der Waals surface area contributed by atoms with E-state index in [0.29, 0.717) is 35.4 Å². The molecule has 2 aromatic carbocycles. The molecule has 0 saturated carbocycles. The minimum absolute atomic E-state index is 0.0247. The number of nitrogens with two attached hydrogens (primary N) is 1. The SMILES string of the molecule is Cc1ccc(C(=O)C(Sc2nnc(CCC(N)=O)n2CC(C)C)c2ccc(C)cc2)cc1. The molecule has 1 aromatic heterocycles. The first-order valence-corrected chi connectivity index (χ1v) is 11.7. The largest absolute Gasteiger partial charge is 0.370 e. The zero-order valence-electron chi connectivity index (χ0n) is 19.0. The van der Waals surface area contributed by atoms with E-state index in [1.54, 1.807) is 0 Å². The zero-order chi connectivity index (χ0) is 23.3. The van der Waals surface area contributed by atoms with E-state index in [-0.39, 0.29) is 18.1 Å². The van der Waals surface area contributed by atoms with Crippen molar-refractivity contribution in [2.24, 2.45) is 11.7 Å².